The average molecular weight is 501 g/mol. The van der Waals surface area contributed by atoms with Gasteiger partial charge in [-0.1, -0.05) is 42.5 Å². The molecule has 0 fully saturated rings. The van der Waals surface area contributed by atoms with Crippen LogP contribution in [0.5, 0.6) is 0 Å². The molecule has 0 unspecified atom stereocenters. The summed E-state index contributed by atoms with van der Waals surface area (Å²) in [6.45, 7) is -0.127. The minimum atomic E-state index is -0.894. The second-order valence-electron chi connectivity index (χ2n) is 8.23. The maximum Gasteiger partial charge on any atom is 0.338 e. The number of carbonyl (C=O) groups excluding carboxylic acids is 2. The first-order valence-electron chi connectivity index (χ1n) is 11.4. The largest absolute Gasteiger partial charge is 0.457 e. The third kappa shape index (κ3) is 6.65. The molecular weight excluding hydrogens is 476 g/mol. The van der Waals surface area contributed by atoms with Gasteiger partial charge in [-0.25, -0.2) is 4.79 Å². The van der Waals surface area contributed by atoms with Gasteiger partial charge >= 0.3 is 5.97 Å². The quantitative estimate of drug-likeness (QED) is 0.189. The summed E-state index contributed by atoms with van der Waals surface area (Å²) in [5.41, 5.74) is 8.77. The molecule has 0 bridgehead atoms. The predicted molar refractivity (Wildman–Crippen MR) is 136 cm³/mol. The topological polar surface area (TPSA) is 147 Å². The van der Waals surface area contributed by atoms with Crippen molar-refractivity contribution < 1.29 is 24.3 Å². The van der Waals surface area contributed by atoms with Crippen LogP contribution in [0.3, 0.4) is 0 Å². The van der Waals surface area contributed by atoms with Crippen molar-refractivity contribution in [2.45, 2.75) is 19.1 Å². The Hall–Kier alpha value is -4.83. The van der Waals surface area contributed by atoms with Gasteiger partial charge in [0.2, 0.25) is 5.91 Å². The van der Waals surface area contributed by atoms with Gasteiger partial charge in [0.05, 0.1) is 11.5 Å². The molecule has 3 aromatic carbocycles. The molecule has 0 aliphatic rings. The lowest BCUT2D eigenvalue weighted by Crippen LogP contribution is -2.27. The van der Waals surface area contributed by atoms with Crippen molar-refractivity contribution in [2.75, 3.05) is 11.9 Å². The molecule has 1 aromatic heterocycles. The number of benzene rings is 3. The van der Waals surface area contributed by atoms with E-state index in [0.717, 1.165) is 21.9 Å². The Morgan fingerprint density at radius 1 is 0.973 bits per heavy atom. The minimum absolute atomic E-state index is 0.0141. The Balaban J connectivity index is 1.35. The van der Waals surface area contributed by atoms with Crippen LogP contribution in [0.4, 0.5) is 5.69 Å². The van der Waals surface area contributed by atoms with Gasteiger partial charge in [-0.2, -0.15) is 0 Å². The summed E-state index contributed by atoms with van der Waals surface area (Å²) in [4.78, 5) is 44.1. The van der Waals surface area contributed by atoms with Crippen LogP contribution in [0, 0.1) is 10.1 Å². The number of rotatable bonds is 10. The molecule has 0 aliphatic heterocycles. The fourth-order valence-corrected chi connectivity index (χ4v) is 3.78. The number of aromatic nitrogens is 1. The van der Waals surface area contributed by atoms with E-state index in [2.05, 4.69) is 15.1 Å². The van der Waals surface area contributed by atoms with Crippen molar-refractivity contribution in [1.29, 1.82) is 0 Å². The lowest BCUT2D eigenvalue weighted by molar-refractivity contribution is -0.763. The molecule has 188 valence electrons. The summed E-state index contributed by atoms with van der Waals surface area (Å²) in [6, 6.07) is 20.8. The molecule has 0 saturated carbocycles. The van der Waals surface area contributed by atoms with Crippen LogP contribution in [0.15, 0.2) is 85.2 Å². The second kappa shape index (κ2) is 11.7. The van der Waals surface area contributed by atoms with Crippen molar-refractivity contribution in [3.8, 4) is 0 Å². The van der Waals surface area contributed by atoms with E-state index < -0.39 is 17.0 Å². The minimum Gasteiger partial charge on any atom is -0.457 e. The number of nitrogens with two attached hydrogens (primary N) is 1. The summed E-state index contributed by atoms with van der Waals surface area (Å²) in [5, 5.41) is 14.3. The number of fused-ring (bicyclic) bond motifs is 1. The van der Waals surface area contributed by atoms with Crippen molar-refractivity contribution >= 4 is 28.3 Å². The third-order valence-corrected chi connectivity index (χ3v) is 5.71. The van der Waals surface area contributed by atoms with E-state index in [9.17, 15) is 19.7 Å². The average Bonchev–Trinajstić information content (AvgIpc) is 2.91. The van der Waals surface area contributed by atoms with Gasteiger partial charge in [0.25, 0.3) is 5.09 Å². The maximum absolute atomic E-state index is 12.9. The fraction of sp³-hybridized carbons (Fsp3) is 0.148. The van der Waals surface area contributed by atoms with E-state index in [4.69, 9.17) is 10.5 Å². The molecule has 4 rings (SSSR count). The highest BCUT2D eigenvalue weighted by molar-refractivity contribution is 5.98. The molecule has 0 aliphatic carbocycles. The van der Waals surface area contributed by atoms with Crippen LogP contribution in [0.1, 0.15) is 33.0 Å². The summed E-state index contributed by atoms with van der Waals surface area (Å²) >= 11 is 0. The number of pyridine rings is 1. The van der Waals surface area contributed by atoms with Crippen LogP contribution in [0.25, 0.3) is 10.8 Å². The van der Waals surface area contributed by atoms with E-state index in [1.54, 1.807) is 54.9 Å². The normalized spacial score (nSPS) is 11.5. The van der Waals surface area contributed by atoms with Crippen molar-refractivity contribution in [3.63, 3.8) is 0 Å². The first-order valence-corrected chi connectivity index (χ1v) is 11.4. The number of amides is 1. The number of hydrogen-bond donors (Lipinski definition) is 2. The fourth-order valence-electron chi connectivity index (χ4n) is 3.78. The molecule has 0 spiro atoms. The third-order valence-electron chi connectivity index (χ3n) is 5.71. The smallest absolute Gasteiger partial charge is 0.338 e. The highest BCUT2D eigenvalue weighted by Crippen LogP contribution is 2.22. The lowest BCUT2D eigenvalue weighted by Gasteiger charge is -2.16. The Morgan fingerprint density at radius 2 is 1.78 bits per heavy atom. The van der Waals surface area contributed by atoms with Gasteiger partial charge in [0.1, 0.15) is 13.2 Å². The highest BCUT2D eigenvalue weighted by atomic mass is 16.9. The van der Waals surface area contributed by atoms with Crippen molar-refractivity contribution in [1.82, 2.24) is 4.98 Å². The number of ether oxygens (including phenoxy) is 1. The Kier molecular flexibility index (Phi) is 8.01. The lowest BCUT2D eigenvalue weighted by atomic mass is 9.97. The highest BCUT2D eigenvalue weighted by Gasteiger charge is 2.19. The van der Waals surface area contributed by atoms with Gasteiger partial charge in [-0.15, -0.1) is 10.1 Å². The zero-order valence-corrected chi connectivity index (χ0v) is 19.7. The Labute approximate surface area is 212 Å². The molecular formula is C27H24N4O6. The van der Waals surface area contributed by atoms with Gasteiger partial charge in [-0.05, 0) is 52.4 Å². The molecule has 10 nitrogen and oxygen atoms in total. The predicted octanol–water partition coefficient (Wildman–Crippen LogP) is 3.98. The van der Waals surface area contributed by atoms with Crippen LogP contribution < -0.4 is 11.1 Å². The molecule has 1 amide bonds. The second-order valence-corrected chi connectivity index (χ2v) is 8.23. The zero-order valence-electron chi connectivity index (χ0n) is 19.7. The first-order chi connectivity index (χ1) is 17.9. The maximum atomic E-state index is 12.9. The van der Waals surface area contributed by atoms with Gasteiger partial charge in [0, 0.05) is 30.0 Å². The molecule has 0 radical (unpaired) electrons. The van der Waals surface area contributed by atoms with Crippen molar-refractivity contribution in [3.05, 3.63) is 118 Å². The molecule has 1 atom stereocenters. The Bertz CT molecular complexity index is 1420. The monoisotopic (exact) mass is 500 g/mol. The first kappa shape index (κ1) is 25.3. The number of hydrogen-bond acceptors (Lipinski definition) is 8. The van der Waals surface area contributed by atoms with Gasteiger partial charge in [0.15, 0.2) is 0 Å². The van der Waals surface area contributed by atoms with Crippen molar-refractivity contribution in [2.24, 2.45) is 5.73 Å². The Morgan fingerprint density at radius 3 is 2.54 bits per heavy atom. The van der Waals surface area contributed by atoms with Gasteiger partial charge < -0.3 is 20.6 Å². The van der Waals surface area contributed by atoms with E-state index in [1.165, 1.54) is 6.07 Å². The van der Waals surface area contributed by atoms with E-state index in [0.29, 0.717) is 11.3 Å². The molecule has 1 heterocycles. The van der Waals surface area contributed by atoms with Crippen LogP contribution in [0.2, 0.25) is 0 Å². The van der Waals surface area contributed by atoms with Crippen LogP contribution in [-0.2, 0) is 27.6 Å². The molecule has 3 N–H and O–H groups in total. The zero-order chi connectivity index (χ0) is 26.2. The summed E-state index contributed by atoms with van der Waals surface area (Å²) in [6.07, 6.45) is 3.45. The molecule has 37 heavy (non-hydrogen) atoms. The summed E-state index contributed by atoms with van der Waals surface area (Å²) < 4.78 is 5.36. The molecule has 10 heteroatoms. The number of nitrogens with zero attached hydrogens (tertiary/aromatic N) is 2. The van der Waals surface area contributed by atoms with Crippen LogP contribution >= 0.6 is 0 Å². The number of anilines is 1. The summed E-state index contributed by atoms with van der Waals surface area (Å²) in [5.74, 6) is -1.36. The summed E-state index contributed by atoms with van der Waals surface area (Å²) in [7, 11) is 0. The van der Waals surface area contributed by atoms with Crippen LogP contribution in [-0.4, -0.2) is 28.5 Å². The number of nitrogens with one attached hydrogen (secondary N) is 1. The molecule has 4 aromatic rings. The van der Waals surface area contributed by atoms with E-state index in [-0.39, 0.29) is 31.2 Å². The van der Waals surface area contributed by atoms with E-state index >= 15 is 0 Å². The van der Waals surface area contributed by atoms with E-state index in [1.807, 2.05) is 24.3 Å². The standard InChI is InChI=1S/C27H24N4O6/c28-14-25(26(32)30-24-9-8-23-15-29-11-10-21(23)13-24)20-6-4-18(5-7-20)16-36-27(33)22-3-1-2-19(12-22)17-37-31(34)35/h1-13,15,25H,14,16-17,28H2,(H,30,32)/t25-/m1/s1. The number of carbonyl (C=O) groups is 2. The SMILES string of the molecule is NC[C@@H](C(=O)Nc1ccc2cnccc2c1)c1ccc(COC(=O)c2cccc(CO[N+](=O)[O-])c2)cc1. The molecule has 0 saturated heterocycles. The number of esters is 1. The van der Waals surface area contributed by atoms with Gasteiger partial charge in [-0.3, -0.25) is 9.78 Å².